The molecule has 0 radical (unpaired) electrons. The second-order valence-corrected chi connectivity index (χ2v) is 8.56. The molecule has 0 bridgehead atoms. The summed E-state index contributed by atoms with van der Waals surface area (Å²) in [7, 11) is 0. The number of morpholine rings is 1. The standard InChI is InChI=1S/C25H32N2O3/c1-20(22-9-5-6-10-23(22)27-15-17-30-18-16-27)26-13-11-25(29,12-14-26)19-24(28)21-7-3-2-4-8-21/h2-10,20,29H,11-19H2,1H3. The van der Waals surface area contributed by atoms with Crippen molar-refractivity contribution in [2.75, 3.05) is 44.3 Å². The van der Waals surface area contributed by atoms with Gasteiger partial charge in [0.05, 0.1) is 18.8 Å². The number of aliphatic hydroxyl groups is 1. The minimum absolute atomic E-state index is 0.0252. The van der Waals surface area contributed by atoms with Crippen molar-refractivity contribution in [1.82, 2.24) is 4.90 Å². The molecule has 0 saturated carbocycles. The van der Waals surface area contributed by atoms with Crippen molar-refractivity contribution in [1.29, 1.82) is 0 Å². The van der Waals surface area contributed by atoms with E-state index in [4.69, 9.17) is 4.74 Å². The number of nitrogens with zero attached hydrogens (tertiary/aromatic N) is 2. The van der Waals surface area contributed by atoms with Gasteiger partial charge in [-0.3, -0.25) is 9.69 Å². The van der Waals surface area contributed by atoms with Crippen LogP contribution in [0.15, 0.2) is 54.6 Å². The highest BCUT2D eigenvalue weighted by Crippen LogP contribution is 2.35. The van der Waals surface area contributed by atoms with E-state index in [9.17, 15) is 9.90 Å². The summed E-state index contributed by atoms with van der Waals surface area (Å²) in [5.41, 5.74) is 2.38. The summed E-state index contributed by atoms with van der Waals surface area (Å²) in [6.07, 6.45) is 1.44. The molecule has 0 aromatic heterocycles. The number of hydrogen-bond donors (Lipinski definition) is 1. The average Bonchev–Trinajstić information content (AvgIpc) is 2.80. The van der Waals surface area contributed by atoms with Crippen LogP contribution in [0.2, 0.25) is 0 Å². The summed E-state index contributed by atoms with van der Waals surface area (Å²) >= 11 is 0. The first-order chi connectivity index (χ1) is 14.6. The van der Waals surface area contributed by atoms with Gasteiger partial charge in [0.2, 0.25) is 0 Å². The van der Waals surface area contributed by atoms with Crippen molar-refractivity contribution < 1.29 is 14.6 Å². The van der Waals surface area contributed by atoms with Gasteiger partial charge in [0, 0.05) is 49.9 Å². The van der Waals surface area contributed by atoms with Gasteiger partial charge in [-0.25, -0.2) is 0 Å². The van der Waals surface area contributed by atoms with Gasteiger partial charge in [-0.1, -0.05) is 48.5 Å². The molecule has 2 saturated heterocycles. The Labute approximate surface area is 179 Å². The van der Waals surface area contributed by atoms with Crippen LogP contribution in [0.4, 0.5) is 5.69 Å². The third kappa shape index (κ3) is 4.75. The third-order valence-corrected chi connectivity index (χ3v) is 6.60. The molecule has 5 heteroatoms. The first-order valence-electron chi connectivity index (χ1n) is 11.0. The molecule has 0 spiro atoms. The SMILES string of the molecule is CC(c1ccccc1N1CCOCC1)N1CCC(O)(CC(=O)c2ccccc2)CC1. The summed E-state index contributed by atoms with van der Waals surface area (Å²) < 4.78 is 5.52. The Morgan fingerprint density at radius 1 is 1.00 bits per heavy atom. The second-order valence-electron chi connectivity index (χ2n) is 8.56. The lowest BCUT2D eigenvalue weighted by atomic mass is 9.84. The third-order valence-electron chi connectivity index (χ3n) is 6.60. The number of likely N-dealkylation sites (tertiary alicyclic amines) is 1. The Morgan fingerprint density at radius 2 is 1.63 bits per heavy atom. The van der Waals surface area contributed by atoms with Crippen LogP contribution in [-0.2, 0) is 4.74 Å². The van der Waals surface area contributed by atoms with E-state index in [0.29, 0.717) is 18.4 Å². The number of rotatable bonds is 6. The number of benzene rings is 2. The maximum absolute atomic E-state index is 12.6. The Morgan fingerprint density at radius 3 is 2.33 bits per heavy atom. The molecule has 0 amide bonds. The highest BCUT2D eigenvalue weighted by molar-refractivity contribution is 5.96. The molecular formula is C25H32N2O3. The van der Waals surface area contributed by atoms with Crippen LogP contribution in [0.1, 0.15) is 48.1 Å². The van der Waals surface area contributed by atoms with Crippen LogP contribution < -0.4 is 4.90 Å². The molecule has 4 rings (SSSR count). The first-order valence-corrected chi connectivity index (χ1v) is 11.0. The van der Waals surface area contributed by atoms with Crippen LogP contribution in [0.25, 0.3) is 0 Å². The smallest absolute Gasteiger partial charge is 0.165 e. The molecular weight excluding hydrogens is 376 g/mol. The number of piperidine rings is 1. The van der Waals surface area contributed by atoms with Crippen molar-refractivity contribution in [3.05, 3.63) is 65.7 Å². The Hall–Kier alpha value is -2.21. The summed E-state index contributed by atoms with van der Waals surface area (Å²) in [4.78, 5) is 17.4. The molecule has 1 unspecified atom stereocenters. The zero-order chi connectivity index (χ0) is 21.0. The summed E-state index contributed by atoms with van der Waals surface area (Å²) in [6, 6.07) is 18.2. The summed E-state index contributed by atoms with van der Waals surface area (Å²) in [6.45, 7) is 7.22. The highest BCUT2D eigenvalue weighted by atomic mass is 16.5. The molecule has 30 heavy (non-hydrogen) atoms. The zero-order valence-electron chi connectivity index (χ0n) is 17.8. The van der Waals surface area contributed by atoms with Crippen molar-refractivity contribution in [2.45, 2.75) is 37.8 Å². The van der Waals surface area contributed by atoms with E-state index in [0.717, 1.165) is 39.4 Å². The number of ether oxygens (including phenoxy) is 1. The molecule has 2 fully saturated rings. The Bertz CT molecular complexity index is 840. The topological polar surface area (TPSA) is 53.0 Å². The Kier molecular flexibility index (Phi) is 6.52. The molecule has 5 nitrogen and oxygen atoms in total. The van der Waals surface area contributed by atoms with Crippen LogP contribution >= 0.6 is 0 Å². The highest BCUT2D eigenvalue weighted by Gasteiger charge is 2.36. The lowest BCUT2D eigenvalue weighted by molar-refractivity contribution is -0.0303. The van der Waals surface area contributed by atoms with E-state index >= 15 is 0 Å². The van der Waals surface area contributed by atoms with E-state index in [2.05, 4.69) is 41.0 Å². The number of ketones is 1. The fraction of sp³-hybridized carbons (Fsp3) is 0.480. The van der Waals surface area contributed by atoms with Gasteiger partial charge >= 0.3 is 0 Å². The predicted molar refractivity (Wildman–Crippen MR) is 119 cm³/mol. The maximum atomic E-state index is 12.6. The van der Waals surface area contributed by atoms with Crippen LogP contribution in [0.3, 0.4) is 0 Å². The summed E-state index contributed by atoms with van der Waals surface area (Å²) in [5, 5.41) is 11.1. The molecule has 2 aromatic rings. The average molecular weight is 409 g/mol. The van der Waals surface area contributed by atoms with Crippen LogP contribution in [0.5, 0.6) is 0 Å². The fourth-order valence-corrected chi connectivity index (χ4v) is 4.66. The van der Waals surface area contributed by atoms with Gasteiger partial charge in [0.25, 0.3) is 0 Å². The Balaban J connectivity index is 1.40. The minimum Gasteiger partial charge on any atom is -0.389 e. The molecule has 0 aliphatic carbocycles. The molecule has 2 heterocycles. The number of para-hydroxylation sites is 1. The van der Waals surface area contributed by atoms with Gasteiger partial charge in [-0.05, 0) is 31.4 Å². The normalized spacial score (nSPS) is 20.7. The molecule has 1 atom stereocenters. The monoisotopic (exact) mass is 408 g/mol. The molecule has 2 aliphatic rings. The van der Waals surface area contributed by atoms with Gasteiger partial charge in [-0.15, -0.1) is 0 Å². The molecule has 2 aromatic carbocycles. The summed E-state index contributed by atoms with van der Waals surface area (Å²) in [5.74, 6) is 0.0252. The molecule has 2 aliphatic heterocycles. The maximum Gasteiger partial charge on any atom is 0.165 e. The van der Waals surface area contributed by atoms with Crippen molar-refractivity contribution in [3.63, 3.8) is 0 Å². The van der Waals surface area contributed by atoms with E-state index in [1.807, 2.05) is 30.3 Å². The number of hydrogen-bond acceptors (Lipinski definition) is 5. The van der Waals surface area contributed by atoms with Gasteiger partial charge < -0.3 is 14.7 Å². The van der Waals surface area contributed by atoms with E-state index < -0.39 is 5.60 Å². The van der Waals surface area contributed by atoms with Gasteiger partial charge in [0.1, 0.15) is 0 Å². The number of carbonyl (C=O) groups excluding carboxylic acids is 1. The lowest BCUT2D eigenvalue weighted by Gasteiger charge is -2.42. The van der Waals surface area contributed by atoms with Crippen molar-refractivity contribution >= 4 is 11.5 Å². The van der Waals surface area contributed by atoms with Crippen molar-refractivity contribution in [2.24, 2.45) is 0 Å². The van der Waals surface area contributed by atoms with E-state index in [-0.39, 0.29) is 18.2 Å². The van der Waals surface area contributed by atoms with Crippen molar-refractivity contribution in [3.8, 4) is 0 Å². The second kappa shape index (κ2) is 9.29. The largest absolute Gasteiger partial charge is 0.389 e. The molecule has 1 N–H and O–H groups in total. The van der Waals surface area contributed by atoms with Crippen LogP contribution in [0, 0.1) is 0 Å². The number of anilines is 1. The minimum atomic E-state index is -0.910. The lowest BCUT2D eigenvalue weighted by Crippen LogP contribution is -2.46. The fourth-order valence-electron chi connectivity index (χ4n) is 4.66. The van der Waals surface area contributed by atoms with Gasteiger partial charge in [0.15, 0.2) is 5.78 Å². The van der Waals surface area contributed by atoms with E-state index in [1.54, 1.807) is 0 Å². The number of Topliss-reactive ketones (excluding diaryl/α,β-unsaturated/α-hetero) is 1. The van der Waals surface area contributed by atoms with Crippen LogP contribution in [-0.4, -0.2) is 60.8 Å². The quantitative estimate of drug-likeness (QED) is 0.739. The predicted octanol–water partition coefficient (Wildman–Crippen LogP) is 3.68. The van der Waals surface area contributed by atoms with Gasteiger partial charge in [-0.2, -0.15) is 0 Å². The first kappa shape index (κ1) is 21.0. The molecule has 160 valence electrons. The van der Waals surface area contributed by atoms with E-state index in [1.165, 1.54) is 11.3 Å². The number of carbonyl (C=O) groups is 1. The zero-order valence-corrected chi connectivity index (χ0v) is 17.8.